The van der Waals surface area contributed by atoms with Gasteiger partial charge in [0.15, 0.2) is 0 Å². The molecule has 1 N–H and O–H groups in total. The quantitative estimate of drug-likeness (QED) is 0.497. The summed E-state index contributed by atoms with van der Waals surface area (Å²) >= 11 is 0. The van der Waals surface area contributed by atoms with Gasteiger partial charge in [0.2, 0.25) is 0 Å². The van der Waals surface area contributed by atoms with Gasteiger partial charge in [-0.05, 0) is 49.8 Å². The molecule has 3 nitrogen and oxygen atoms in total. The Bertz CT molecular complexity index is 709. The van der Waals surface area contributed by atoms with Gasteiger partial charge >= 0.3 is 5.97 Å². The van der Waals surface area contributed by atoms with Gasteiger partial charge in [-0.1, -0.05) is 36.4 Å². The van der Waals surface area contributed by atoms with Crippen molar-refractivity contribution in [2.24, 2.45) is 0 Å². The Morgan fingerprint density at radius 1 is 1.14 bits per heavy atom. The minimum Gasteiger partial charge on any atom is -0.513 e. The van der Waals surface area contributed by atoms with Crippen molar-refractivity contribution in [2.45, 2.75) is 13.8 Å². The molecule has 0 bridgehead atoms. The number of esters is 1. The molecule has 0 saturated carbocycles. The van der Waals surface area contributed by atoms with E-state index in [-0.39, 0.29) is 5.76 Å². The summed E-state index contributed by atoms with van der Waals surface area (Å²) in [6.07, 6.45) is 5.43. The molecule has 0 heterocycles. The second-order valence-corrected chi connectivity index (χ2v) is 4.84. The van der Waals surface area contributed by atoms with E-state index in [2.05, 4.69) is 0 Å². The van der Waals surface area contributed by atoms with Crippen molar-refractivity contribution in [3.05, 3.63) is 77.1 Å². The molecule has 0 aliphatic rings. The predicted octanol–water partition coefficient (Wildman–Crippen LogP) is 4.86. The molecule has 0 fully saturated rings. The van der Waals surface area contributed by atoms with E-state index in [1.54, 1.807) is 43.3 Å². The first-order valence-corrected chi connectivity index (χ1v) is 7.01. The van der Waals surface area contributed by atoms with Gasteiger partial charge in [-0.25, -0.2) is 4.79 Å². The van der Waals surface area contributed by atoms with Gasteiger partial charge in [0.05, 0.1) is 11.3 Å². The highest BCUT2D eigenvalue weighted by molar-refractivity contribution is 5.91. The van der Waals surface area contributed by atoms with Gasteiger partial charge < -0.3 is 9.84 Å². The van der Waals surface area contributed by atoms with Crippen molar-refractivity contribution >= 4 is 18.1 Å². The van der Waals surface area contributed by atoms with Crippen LogP contribution in [-0.4, -0.2) is 11.1 Å². The zero-order chi connectivity index (χ0) is 15.9. The van der Waals surface area contributed by atoms with Gasteiger partial charge in [0.25, 0.3) is 0 Å². The first kappa shape index (κ1) is 15.6. The number of benzene rings is 2. The lowest BCUT2D eigenvalue weighted by molar-refractivity contribution is 0.0734. The Labute approximate surface area is 130 Å². The SMILES string of the molecule is CC=Cc1ccc(OC(=O)c2ccccc2)c(C=C(C)O)c1. The number of carbonyl (C=O) groups is 1. The van der Waals surface area contributed by atoms with E-state index < -0.39 is 5.97 Å². The van der Waals surface area contributed by atoms with Crippen LogP contribution < -0.4 is 4.74 Å². The first-order valence-electron chi connectivity index (χ1n) is 7.01. The van der Waals surface area contributed by atoms with E-state index in [0.717, 1.165) is 5.56 Å². The van der Waals surface area contributed by atoms with E-state index >= 15 is 0 Å². The molecule has 0 aliphatic carbocycles. The van der Waals surface area contributed by atoms with Crippen LogP contribution in [0.25, 0.3) is 12.2 Å². The van der Waals surface area contributed by atoms with Crippen LogP contribution in [0.1, 0.15) is 35.3 Å². The molecule has 0 amide bonds. The van der Waals surface area contributed by atoms with Crippen LogP contribution in [0.4, 0.5) is 0 Å². The molecule has 0 unspecified atom stereocenters. The molecule has 2 rings (SSSR count). The van der Waals surface area contributed by atoms with Crippen LogP contribution >= 0.6 is 0 Å². The van der Waals surface area contributed by atoms with E-state index in [1.165, 1.54) is 0 Å². The second-order valence-electron chi connectivity index (χ2n) is 4.84. The summed E-state index contributed by atoms with van der Waals surface area (Å²) in [5, 5.41) is 9.50. The molecule has 0 spiro atoms. The number of aliphatic hydroxyl groups excluding tert-OH is 1. The fourth-order valence-corrected chi connectivity index (χ4v) is 2.03. The third-order valence-electron chi connectivity index (χ3n) is 2.97. The van der Waals surface area contributed by atoms with E-state index in [4.69, 9.17) is 4.74 Å². The monoisotopic (exact) mass is 294 g/mol. The lowest BCUT2D eigenvalue weighted by Crippen LogP contribution is -2.09. The Morgan fingerprint density at radius 2 is 1.86 bits per heavy atom. The molecular weight excluding hydrogens is 276 g/mol. The fourth-order valence-electron chi connectivity index (χ4n) is 2.03. The van der Waals surface area contributed by atoms with Crippen LogP contribution in [0.15, 0.2) is 60.4 Å². The Kier molecular flexibility index (Phi) is 5.15. The van der Waals surface area contributed by atoms with Gasteiger partial charge in [-0.3, -0.25) is 0 Å². The molecule has 0 radical (unpaired) electrons. The summed E-state index contributed by atoms with van der Waals surface area (Å²) in [5.41, 5.74) is 2.10. The summed E-state index contributed by atoms with van der Waals surface area (Å²) in [7, 11) is 0. The van der Waals surface area contributed by atoms with Crippen LogP contribution in [0.3, 0.4) is 0 Å². The molecule has 0 saturated heterocycles. The number of ether oxygens (including phenoxy) is 1. The Balaban J connectivity index is 2.34. The predicted molar refractivity (Wildman–Crippen MR) is 88.8 cm³/mol. The highest BCUT2D eigenvalue weighted by Gasteiger charge is 2.11. The largest absolute Gasteiger partial charge is 0.513 e. The van der Waals surface area contributed by atoms with Crippen LogP contribution in [-0.2, 0) is 0 Å². The zero-order valence-electron chi connectivity index (χ0n) is 12.6. The normalized spacial score (nSPS) is 11.6. The number of hydrogen-bond acceptors (Lipinski definition) is 3. The molecule has 2 aromatic carbocycles. The lowest BCUT2D eigenvalue weighted by atomic mass is 10.1. The summed E-state index contributed by atoms with van der Waals surface area (Å²) in [5.74, 6) is 0.134. The standard InChI is InChI=1S/C19H18O3/c1-3-7-15-10-11-18(17(13-15)12-14(2)20)22-19(21)16-8-5-4-6-9-16/h3-13,20H,1-2H3. The summed E-state index contributed by atoms with van der Waals surface area (Å²) < 4.78 is 5.45. The Hall–Kier alpha value is -2.81. The molecule has 22 heavy (non-hydrogen) atoms. The number of rotatable bonds is 4. The van der Waals surface area contributed by atoms with E-state index in [1.807, 2.05) is 37.3 Å². The molecule has 2 aromatic rings. The minimum atomic E-state index is -0.426. The van der Waals surface area contributed by atoms with Gasteiger partial charge in [0.1, 0.15) is 5.75 Å². The molecule has 112 valence electrons. The van der Waals surface area contributed by atoms with Crippen LogP contribution in [0.2, 0.25) is 0 Å². The number of hydrogen-bond donors (Lipinski definition) is 1. The number of carbonyl (C=O) groups excluding carboxylic acids is 1. The van der Waals surface area contributed by atoms with Crippen molar-refractivity contribution in [1.82, 2.24) is 0 Å². The second kappa shape index (κ2) is 7.27. The average Bonchev–Trinajstić information content (AvgIpc) is 2.50. The Morgan fingerprint density at radius 3 is 2.50 bits per heavy atom. The van der Waals surface area contributed by atoms with E-state index in [9.17, 15) is 9.90 Å². The number of allylic oxidation sites excluding steroid dienone is 2. The smallest absolute Gasteiger partial charge is 0.343 e. The van der Waals surface area contributed by atoms with Gasteiger partial charge in [-0.2, -0.15) is 0 Å². The van der Waals surface area contributed by atoms with Crippen molar-refractivity contribution in [3.63, 3.8) is 0 Å². The molecule has 0 aliphatic heterocycles. The maximum atomic E-state index is 12.1. The van der Waals surface area contributed by atoms with Crippen molar-refractivity contribution in [1.29, 1.82) is 0 Å². The highest BCUT2D eigenvalue weighted by Crippen LogP contribution is 2.24. The summed E-state index contributed by atoms with van der Waals surface area (Å²) in [6.45, 7) is 3.50. The molecule has 0 aromatic heterocycles. The topological polar surface area (TPSA) is 46.5 Å². The zero-order valence-corrected chi connectivity index (χ0v) is 12.6. The maximum absolute atomic E-state index is 12.1. The summed E-state index contributed by atoms with van der Waals surface area (Å²) in [4.78, 5) is 12.1. The third-order valence-corrected chi connectivity index (χ3v) is 2.97. The molecule has 0 atom stereocenters. The number of aliphatic hydroxyl groups is 1. The van der Waals surface area contributed by atoms with Gasteiger partial charge in [-0.15, -0.1) is 0 Å². The van der Waals surface area contributed by atoms with Crippen molar-refractivity contribution < 1.29 is 14.6 Å². The van der Waals surface area contributed by atoms with Crippen LogP contribution in [0, 0.1) is 0 Å². The lowest BCUT2D eigenvalue weighted by Gasteiger charge is -2.09. The summed E-state index contributed by atoms with van der Waals surface area (Å²) in [6, 6.07) is 14.2. The molecule has 3 heteroatoms. The minimum absolute atomic E-state index is 0.148. The van der Waals surface area contributed by atoms with Crippen molar-refractivity contribution in [3.8, 4) is 5.75 Å². The highest BCUT2D eigenvalue weighted by atomic mass is 16.5. The maximum Gasteiger partial charge on any atom is 0.343 e. The first-order chi connectivity index (χ1) is 10.6. The average molecular weight is 294 g/mol. The molecular formula is C19H18O3. The fraction of sp³-hybridized carbons (Fsp3) is 0.105. The van der Waals surface area contributed by atoms with Crippen molar-refractivity contribution in [2.75, 3.05) is 0 Å². The van der Waals surface area contributed by atoms with Crippen LogP contribution in [0.5, 0.6) is 5.75 Å². The van der Waals surface area contributed by atoms with Gasteiger partial charge in [0, 0.05) is 5.56 Å². The third kappa shape index (κ3) is 4.09. The van der Waals surface area contributed by atoms with E-state index in [0.29, 0.717) is 16.9 Å².